The molecule has 0 fully saturated rings. The maximum Gasteiger partial charge on any atom is 0.326 e. The Hall–Kier alpha value is -2.37. The second-order valence-corrected chi connectivity index (χ2v) is 3.77. The zero-order valence-electron chi connectivity index (χ0n) is 9.85. The number of aromatic nitrogens is 3. The Morgan fingerprint density at radius 1 is 1.44 bits per heavy atom. The van der Waals surface area contributed by atoms with Gasteiger partial charge in [0.15, 0.2) is 5.82 Å². The van der Waals surface area contributed by atoms with Crippen molar-refractivity contribution in [2.45, 2.75) is 19.6 Å². The highest BCUT2D eigenvalue weighted by molar-refractivity contribution is 5.71. The van der Waals surface area contributed by atoms with Crippen LogP contribution in [0.1, 0.15) is 18.8 Å². The van der Waals surface area contributed by atoms with E-state index < -0.39 is 12.0 Å². The van der Waals surface area contributed by atoms with Crippen LogP contribution in [-0.2, 0) is 11.4 Å². The van der Waals surface area contributed by atoms with E-state index in [1.807, 2.05) is 30.3 Å². The first-order valence-electron chi connectivity index (χ1n) is 5.47. The number of carbonyl (C=O) groups is 1. The molecule has 1 unspecified atom stereocenters. The van der Waals surface area contributed by atoms with Crippen molar-refractivity contribution in [1.29, 1.82) is 0 Å². The third-order valence-electron chi connectivity index (χ3n) is 2.53. The van der Waals surface area contributed by atoms with Crippen molar-refractivity contribution in [1.82, 2.24) is 14.8 Å². The van der Waals surface area contributed by atoms with Crippen molar-refractivity contribution in [2.75, 3.05) is 0 Å². The highest BCUT2D eigenvalue weighted by atomic mass is 16.5. The minimum Gasteiger partial charge on any atom is -0.486 e. The van der Waals surface area contributed by atoms with E-state index in [1.54, 1.807) is 6.92 Å². The van der Waals surface area contributed by atoms with Gasteiger partial charge >= 0.3 is 5.97 Å². The number of nitrogens with zero attached hydrogens (tertiary/aromatic N) is 3. The number of ether oxygens (including phenoxy) is 1. The molecule has 0 amide bonds. The molecular formula is C12H13N3O3. The van der Waals surface area contributed by atoms with E-state index in [-0.39, 0.29) is 6.61 Å². The van der Waals surface area contributed by atoms with Crippen molar-refractivity contribution >= 4 is 5.97 Å². The molecule has 1 aromatic heterocycles. The molecule has 6 nitrogen and oxygen atoms in total. The topological polar surface area (TPSA) is 77.2 Å². The molecule has 2 rings (SSSR count). The van der Waals surface area contributed by atoms with Crippen LogP contribution in [0.25, 0.3) is 0 Å². The molecule has 0 aliphatic heterocycles. The van der Waals surface area contributed by atoms with Crippen LogP contribution in [-0.4, -0.2) is 25.8 Å². The lowest BCUT2D eigenvalue weighted by molar-refractivity contribution is -0.140. The first kappa shape index (κ1) is 12.1. The van der Waals surface area contributed by atoms with E-state index in [9.17, 15) is 4.79 Å². The normalized spacial score (nSPS) is 12.1. The molecule has 0 bridgehead atoms. The maximum atomic E-state index is 10.9. The number of rotatable bonds is 5. The molecule has 1 N–H and O–H groups in total. The van der Waals surface area contributed by atoms with E-state index in [4.69, 9.17) is 9.84 Å². The SMILES string of the molecule is CC(C(=O)O)n1cnnc1COc1ccccc1. The fraction of sp³-hybridized carbons (Fsp3) is 0.250. The fourth-order valence-electron chi connectivity index (χ4n) is 1.48. The van der Waals surface area contributed by atoms with Gasteiger partial charge in [-0.2, -0.15) is 0 Å². The Balaban J connectivity index is 2.07. The number of benzene rings is 1. The Morgan fingerprint density at radius 3 is 2.83 bits per heavy atom. The summed E-state index contributed by atoms with van der Waals surface area (Å²) in [5, 5.41) is 16.5. The van der Waals surface area contributed by atoms with Crippen molar-refractivity contribution in [3.05, 3.63) is 42.5 Å². The lowest BCUT2D eigenvalue weighted by Gasteiger charge is -2.11. The summed E-state index contributed by atoms with van der Waals surface area (Å²) in [6.45, 7) is 1.75. The Bertz CT molecular complexity index is 524. The van der Waals surface area contributed by atoms with Gasteiger partial charge in [0.05, 0.1) is 0 Å². The third-order valence-corrected chi connectivity index (χ3v) is 2.53. The standard InChI is InChI=1S/C12H13N3O3/c1-9(12(16)17)15-8-13-14-11(15)7-18-10-5-3-2-4-6-10/h2-6,8-9H,7H2,1H3,(H,16,17). The van der Waals surface area contributed by atoms with E-state index in [0.29, 0.717) is 11.6 Å². The van der Waals surface area contributed by atoms with Gasteiger partial charge in [-0.15, -0.1) is 10.2 Å². The van der Waals surface area contributed by atoms with Crippen LogP contribution < -0.4 is 4.74 Å². The van der Waals surface area contributed by atoms with E-state index >= 15 is 0 Å². The van der Waals surface area contributed by atoms with Gasteiger partial charge in [-0.05, 0) is 19.1 Å². The minimum atomic E-state index is -0.934. The molecule has 0 aliphatic rings. The van der Waals surface area contributed by atoms with Crippen LogP contribution in [0.5, 0.6) is 5.75 Å². The van der Waals surface area contributed by atoms with Crippen LogP contribution >= 0.6 is 0 Å². The van der Waals surface area contributed by atoms with Gasteiger partial charge in [-0.3, -0.25) is 0 Å². The molecular weight excluding hydrogens is 234 g/mol. The summed E-state index contributed by atoms with van der Waals surface area (Å²) >= 11 is 0. The van der Waals surface area contributed by atoms with E-state index in [1.165, 1.54) is 10.9 Å². The number of para-hydroxylation sites is 1. The number of carboxylic acids is 1. The molecule has 0 saturated carbocycles. The molecule has 0 saturated heterocycles. The summed E-state index contributed by atoms with van der Waals surface area (Å²) < 4.78 is 6.98. The Labute approximate surface area is 104 Å². The summed E-state index contributed by atoms with van der Waals surface area (Å²) in [5.74, 6) is 0.250. The molecule has 1 atom stereocenters. The van der Waals surface area contributed by atoms with Gasteiger partial charge < -0.3 is 14.4 Å². The van der Waals surface area contributed by atoms with E-state index in [0.717, 1.165) is 0 Å². The van der Waals surface area contributed by atoms with Gasteiger partial charge in [-0.1, -0.05) is 18.2 Å². The second kappa shape index (κ2) is 5.31. The first-order chi connectivity index (χ1) is 8.68. The van der Waals surface area contributed by atoms with Crippen LogP contribution in [0.4, 0.5) is 0 Å². The van der Waals surface area contributed by atoms with Crippen LogP contribution in [0.3, 0.4) is 0 Å². The molecule has 0 spiro atoms. The number of aliphatic carboxylic acids is 1. The second-order valence-electron chi connectivity index (χ2n) is 3.77. The summed E-state index contributed by atoms with van der Waals surface area (Å²) in [6.07, 6.45) is 1.39. The zero-order valence-corrected chi connectivity index (χ0v) is 9.85. The van der Waals surface area contributed by atoms with Crippen LogP contribution in [0, 0.1) is 0 Å². The molecule has 94 valence electrons. The molecule has 1 heterocycles. The Morgan fingerprint density at radius 2 is 2.17 bits per heavy atom. The van der Waals surface area contributed by atoms with Crippen molar-refractivity contribution in [3.8, 4) is 5.75 Å². The predicted octanol–water partition coefficient (Wildman–Crippen LogP) is 1.50. The number of carboxylic acid groups (broad SMARTS) is 1. The summed E-state index contributed by atoms with van der Waals surface area (Å²) in [4.78, 5) is 10.9. The van der Waals surface area contributed by atoms with Gasteiger partial charge in [0, 0.05) is 0 Å². The number of hydrogen-bond donors (Lipinski definition) is 1. The lowest BCUT2D eigenvalue weighted by atomic mass is 10.3. The van der Waals surface area contributed by atoms with Gasteiger partial charge in [0.1, 0.15) is 24.7 Å². The first-order valence-corrected chi connectivity index (χ1v) is 5.47. The fourth-order valence-corrected chi connectivity index (χ4v) is 1.48. The number of hydrogen-bond acceptors (Lipinski definition) is 4. The zero-order chi connectivity index (χ0) is 13.0. The molecule has 2 aromatic rings. The van der Waals surface area contributed by atoms with Crippen molar-refractivity contribution in [2.24, 2.45) is 0 Å². The average molecular weight is 247 g/mol. The lowest BCUT2D eigenvalue weighted by Crippen LogP contribution is -2.18. The largest absolute Gasteiger partial charge is 0.486 e. The van der Waals surface area contributed by atoms with Crippen LogP contribution in [0.15, 0.2) is 36.7 Å². The molecule has 18 heavy (non-hydrogen) atoms. The molecule has 1 aromatic carbocycles. The Kier molecular flexibility index (Phi) is 3.57. The molecule has 6 heteroatoms. The summed E-state index contributed by atoms with van der Waals surface area (Å²) in [6, 6.07) is 8.54. The smallest absolute Gasteiger partial charge is 0.326 e. The minimum absolute atomic E-state index is 0.182. The summed E-state index contributed by atoms with van der Waals surface area (Å²) in [7, 11) is 0. The van der Waals surface area contributed by atoms with Gasteiger partial charge in [0.2, 0.25) is 0 Å². The predicted molar refractivity (Wildman–Crippen MR) is 63.1 cm³/mol. The van der Waals surface area contributed by atoms with Gasteiger partial charge in [0.25, 0.3) is 0 Å². The quantitative estimate of drug-likeness (QED) is 0.866. The monoisotopic (exact) mass is 247 g/mol. The molecule has 0 aliphatic carbocycles. The average Bonchev–Trinajstić information content (AvgIpc) is 2.84. The van der Waals surface area contributed by atoms with Crippen LogP contribution in [0.2, 0.25) is 0 Å². The maximum absolute atomic E-state index is 10.9. The molecule has 0 radical (unpaired) electrons. The van der Waals surface area contributed by atoms with E-state index in [2.05, 4.69) is 10.2 Å². The van der Waals surface area contributed by atoms with Crippen molar-refractivity contribution < 1.29 is 14.6 Å². The third kappa shape index (κ3) is 2.65. The van der Waals surface area contributed by atoms with Gasteiger partial charge in [-0.25, -0.2) is 4.79 Å². The highest BCUT2D eigenvalue weighted by Gasteiger charge is 2.17. The summed E-state index contributed by atoms with van der Waals surface area (Å²) in [5.41, 5.74) is 0. The highest BCUT2D eigenvalue weighted by Crippen LogP contribution is 2.13. The van der Waals surface area contributed by atoms with Crippen molar-refractivity contribution in [3.63, 3.8) is 0 Å².